The summed E-state index contributed by atoms with van der Waals surface area (Å²) in [6.07, 6.45) is 1.10. The molecule has 1 aromatic heterocycles. The molecule has 40 heavy (non-hydrogen) atoms. The fraction of sp³-hybridized carbons (Fsp3) is 0.278. The van der Waals surface area contributed by atoms with Crippen molar-refractivity contribution in [3.8, 4) is 11.4 Å². The van der Waals surface area contributed by atoms with Crippen LogP contribution in [0.2, 0.25) is 0 Å². The lowest BCUT2D eigenvalue weighted by Gasteiger charge is -2.41. The first-order valence-corrected chi connectivity index (χ1v) is 14.1. The van der Waals surface area contributed by atoms with Gasteiger partial charge in [-0.3, -0.25) is 4.79 Å². The summed E-state index contributed by atoms with van der Waals surface area (Å²) in [6, 6.07) is 31.7. The van der Waals surface area contributed by atoms with Crippen molar-refractivity contribution < 1.29 is 9.90 Å². The third-order valence-corrected chi connectivity index (χ3v) is 8.70. The minimum Gasteiger partial charge on any atom is -0.380 e. The number of ketones is 1. The Balaban J connectivity index is 1.45. The maximum atomic E-state index is 12.8. The average Bonchev–Trinajstić information content (AvgIpc) is 3.32. The number of aliphatic hydroxyl groups excluding tert-OH is 1. The molecule has 202 valence electrons. The topological polar surface area (TPSA) is 55.1 Å². The second-order valence-corrected chi connectivity index (χ2v) is 12.4. The number of aromatic nitrogens is 2. The molecule has 0 fully saturated rings. The molecule has 1 heterocycles. The Kier molecular flexibility index (Phi) is 6.47. The van der Waals surface area contributed by atoms with Crippen molar-refractivity contribution in [1.29, 1.82) is 0 Å². The van der Waals surface area contributed by atoms with Crippen molar-refractivity contribution in [1.82, 2.24) is 9.55 Å². The van der Waals surface area contributed by atoms with Gasteiger partial charge in [0.25, 0.3) is 0 Å². The van der Waals surface area contributed by atoms with Gasteiger partial charge in [0.15, 0.2) is 5.78 Å². The zero-order chi connectivity index (χ0) is 28.1. The molecular formula is C36H36N2O2. The summed E-state index contributed by atoms with van der Waals surface area (Å²) in [7, 11) is 0. The van der Waals surface area contributed by atoms with E-state index >= 15 is 0 Å². The number of hydrogen-bond acceptors (Lipinski definition) is 3. The molecule has 0 bridgehead atoms. The van der Waals surface area contributed by atoms with Crippen LogP contribution in [-0.4, -0.2) is 20.4 Å². The minimum absolute atomic E-state index is 0.101. The van der Waals surface area contributed by atoms with Crippen molar-refractivity contribution in [3.05, 3.63) is 125 Å². The van der Waals surface area contributed by atoms with Crippen LogP contribution in [0.25, 0.3) is 22.4 Å². The van der Waals surface area contributed by atoms with Crippen LogP contribution < -0.4 is 0 Å². The zero-order valence-corrected chi connectivity index (χ0v) is 23.7. The Bertz CT molecular complexity index is 1680. The third-order valence-electron chi connectivity index (χ3n) is 8.70. The van der Waals surface area contributed by atoms with E-state index in [2.05, 4.69) is 68.7 Å². The number of carbonyl (C=O) groups excluding carboxylic acids is 1. The highest BCUT2D eigenvalue weighted by Gasteiger charge is 2.38. The van der Waals surface area contributed by atoms with Crippen molar-refractivity contribution in [2.24, 2.45) is 0 Å². The summed E-state index contributed by atoms with van der Waals surface area (Å²) in [5.41, 5.74) is 8.37. The summed E-state index contributed by atoms with van der Waals surface area (Å²) in [4.78, 5) is 18.0. The molecule has 0 saturated heterocycles. The van der Waals surface area contributed by atoms with E-state index in [1.807, 2.05) is 36.4 Å². The second kappa shape index (κ2) is 9.87. The summed E-state index contributed by atoms with van der Waals surface area (Å²) >= 11 is 0. The van der Waals surface area contributed by atoms with Gasteiger partial charge in [-0.2, -0.15) is 0 Å². The monoisotopic (exact) mass is 528 g/mol. The molecule has 0 radical (unpaired) electrons. The Morgan fingerprint density at radius 3 is 2.02 bits per heavy atom. The molecule has 5 aromatic rings. The van der Waals surface area contributed by atoms with Crippen molar-refractivity contribution in [3.63, 3.8) is 0 Å². The summed E-state index contributed by atoms with van der Waals surface area (Å²) in [5, 5.41) is 10.8. The zero-order valence-electron chi connectivity index (χ0n) is 23.7. The molecule has 1 aliphatic rings. The SMILES string of the molecule is CC1(C)CCC(C)(C)c2cc3c(cc21)nc(-c1ccc(C(O)C(=O)c2ccccc2)cc1)n3Cc1ccccc1. The van der Waals surface area contributed by atoms with Gasteiger partial charge in [-0.25, -0.2) is 4.98 Å². The Morgan fingerprint density at radius 1 is 0.825 bits per heavy atom. The van der Waals surface area contributed by atoms with Gasteiger partial charge < -0.3 is 9.67 Å². The third kappa shape index (κ3) is 4.67. The number of benzene rings is 4. The summed E-state index contributed by atoms with van der Waals surface area (Å²) in [6.45, 7) is 10.1. The van der Waals surface area contributed by atoms with Gasteiger partial charge in [0, 0.05) is 17.7 Å². The van der Waals surface area contributed by atoms with E-state index in [-0.39, 0.29) is 16.6 Å². The van der Waals surface area contributed by atoms with Crippen LogP contribution >= 0.6 is 0 Å². The van der Waals surface area contributed by atoms with Gasteiger partial charge in [0.1, 0.15) is 11.9 Å². The fourth-order valence-electron chi connectivity index (χ4n) is 6.06. The van der Waals surface area contributed by atoms with E-state index in [1.54, 1.807) is 24.3 Å². The Labute approximate surface area is 236 Å². The Hall–Kier alpha value is -4.02. The van der Waals surface area contributed by atoms with Gasteiger partial charge >= 0.3 is 0 Å². The van der Waals surface area contributed by atoms with Crippen LogP contribution in [0.4, 0.5) is 0 Å². The van der Waals surface area contributed by atoms with E-state index in [0.29, 0.717) is 17.7 Å². The molecule has 0 spiro atoms. The molecule has 1 aliphatic carbocycles. The number of imidazole rings is 1. The first-order chi connectivity index (χ1) is 19.1. The van der Waals surface area contributed by atoms with Crippen LogP contribution in [0.3, 0.4) is 0 Å². The van der Waals surface area contributed by atoms with Crippen molar-refractivity contribution in [2.75, 3.05) is 0 Å². The lowest BCUT2D eigenvalue weighted by atomic mass is 9.63. The quantitative estimate of drug-likeness (QED) is 0.227. The minimum atomic E-state index is -1.21. The summed E-state index contributed by atoms with van der Waals surface area (Å²) < 4.78 is 2.31. The Morgan fingerprint density at radius 2 is 1.40 bits per heavy atom. The maximum Gasteiger partial charge on any atom is 0.195 e. The molecule has 1 atom stereocenters. The molecule has 1 N–H and O–H groups in total. The van der Waals surface area contributed by atoms with Crippen molar-refractivity contribution in [2.45, 2.75) is 64.0 Å². The second-order valence-electron chi connectivity index (χ2n) is 12.4. The van der Waals surface area contributed by atoms with Crippen LogP contribution in [0.1, 0.15) is 79.3 Å². The van der Waals surface area contributed by atoms with Crippen LogP contribution in [0, 0.1) is 0 Å². The van der Waals surface area contributed by atoms with E-state index in [0.717, 1.165) is 35.3 Å². The van der Waals surface area contributed by atoms with E-state index in [9.17, 15) is 9.90 Å². The predicted octanol–water partition coefficient (Wildman–Crippen LogP) is 8.02. The number of aliphatic hydroxyl groups is 1. The lowest BCUT2D eigenvalue weighted by molar-refractivity contribution is 0.0747. The van der Waals surface area contributed by atoms with Gasteiger partial charge in [-0.05, 0) is 58.1 Å². The summed E-state index contributed by atoms with van der Waals surface area (Å²) in [5.74, 6) is 0.577. The van der Waals surface area contributed by atoms with Gasteiger partial charge in [0.05, 0.1) is 11.0 Å². The van der Waals surface area contributed by atoms with Gasteiger partial charge in [0.2, 0.25) is 0 Å². The van der Waals surface area contributed by atoms with Crippen LogP contribution in [-0.2, 0) is 17.4 Å². The van der Waals surface area contributed by atoms with Gasteiger partial charge in [-0.1, -0.05) is 113 Å². The molecule has 4 heteroatoms. The van der Waals surface area contributed by atoms with E-state index in [4.69, 9.17) is 4.98 Å². The standard InChI is InChI=1S/C36H36N2O2/c1-35(2)19-20-36(3,4)29-22-31-30(21-28(29)35)37-34(38(31)23-24-11-7-5-8-12-24)27-17-15-26(16-18-27)33(40)32(39)25-13-9-6-10-14-25/h5-18,21-22,33,40H,19-20,23H2,1-4H3. The maximum absolute atomic E-state index is 12.8. The smallest absolute Gasteiger partial charge is 0.195 e. The number of fused-ring (bicyclic) bond motifs is 2. The number of Topliss-reactive ketones (excluding diaryl/α,β-unsaturated/α-hetero) is 1. The molecule has 0 amide bonds. The normalized spacial score (nSPS) is 16.4. The first kappa shape index (κ1) is 26.2. The lowest BCUT2D eigenvalue weighted by Crippen LogP contribution is -2.33. The first-order valence-electron chi connectivity index (χ1n) is 14.1. The molecule has 1 unspecified atom stereocenters. The number of hydrogen-bond donors (Lipinski definition) is 1. The van der Waals surface area contributed by atoms with E-state index in [1.165, 1.54) is 16.7 Å². The van der Waals surface area contributed by atoms with Gasteiger partial charge in [-0.15, -0.1) is 0 Å². The fourth-order valence-corrected chi connectivity index (χ4v) is 6.06. The molecular weight excluding hydrogens is 492 g/mol. The largest absolute Gasteiger partial charge is 0.380 e. The molecule has 0 saturated carbocycles. The van der Waals surface area contributed by atoms with E-state index < -0.39 is 6.10 Å². The number of rotatable bonds is 6. The number of carbonyl (C=O) groups is 1. The van der Waals surface area contributed by atoms with Crippen LogP contribution in [0.15, 0.2) is 97.1 Å². The van der Waals surface area contributed by atoms with Crippen molar-refractivity contribution >= 4 is 16.8 Å². The highest BCUT2D eigenvalue weighted by molar-refractivity contribution is 5.99. The molecule has 4 aromatic carbocycles. The number of nitrogens with zero attached hydrogens (tertiary/aromatic N) is 2. The molecule has 4 nitrogen and oxygen atoms in total. The van der Waals surface area contributed by atoms with Crippen LogP contribution in [0.5, 0.6) is 0 Å². The molecule has 6 rings (SSSR count). The average molecular weight is 529 g/mol. The highest BCUT2D eigenvalue weighted by atomic mass is 16.3. The molecule has 0 aliphatic heterocycles. The highest BCUT2D eigenvalue weighted by Crippen LogP contribution is 2.47. The predicted molar refractivity (Wildman–Crippen MR) is 162 cm³/mol.